The van der Waals surface area contributed by atoms with E-state index >= 15 is 0 Å². The van der Waals surface area contributed by atoms with E-state index in [-0.39, 0.29) is 23.3 Å². The molecule has 2 N–H and O–H groups in total. The third-order valence-electron chi connectivity index (χ3n) is 4.05. The first-order chi connectivity index (χ1) is 11.2. The first-order valence-corrected chi connectivity index (χ1v) is 8.04. The molecule has 0 aliphatic carbocycles. The van der Waals surface area contributed by atoms with E-state index in [1.54, 1.807) is 38.1 Å². The van der Waals surface area contributed by atoms with Crippen LogP contribution in [0.25, 0.3) is 0 Å². The van der Waals surface area contributed by atoms with Gasteiger partial charge in [0.1, 0.15) is 11.6 Å². The van der Waals surface area contributed by atoms with E-state index in [0.717, 1.165) is 0 Å². The van der Waals surface area contributed by atoms with Crippen LogP contribution >= 0.6 is 23.8 Å². The fourth-order valence-electron chi connectivity index (χ4n) is 2.85. The number of fused-ring (bicyclic) bond motifs is 1. The van der Waals surface area contributed by atoms with Gasteiger partial charge in [0, 0.05) is 10.7 Å². The van der Waals surface area contributed by atoms with Gasteiger partial charge >= 0.3 is 0 Å². The van der Waals surface area contributed by atoms with Gasteiger partial charge in [-0.05, 0) is 44.3 Å². The van der Waals surface area contributed by atoms with Gasteiger partial charge in [-0.1, -0.05) is 17.7 Å². The minimum absolute atomic E-state index is 0.0117. The van der Waals surface area contributed by atoms with Crippen LogP contribution in [0.3, 0.4) is 0 Å². The molecule has 0 aromatic heterocycles. The molecule has 9 heteroatoms. The molecule has 0 spiro atoms. The number of hydrogen-bond donors (Lipinski definition) is 2. The first kappa shape index (κ1) is 16.8. The molecule has 0 unspecified atom stereocenters. The summed E-state index contributed by atoms with van der Waals surface area (Å²) >= 11 is 11.0. The van der Waals surface area contributed by atoms with Crippen molar-refractivity contribution in [1.29, 1.82) is 0 Å². The number of nitrogens with zero attached hydrogens (tertiary/aromatic N) is 2. The Balaban J connectivity index is 1.90. The second-order valence-corrected chi connectivity index (χ2v) is 6.91. The van der Waals surface area contributed by atoms with Crippen LogP contribution < -0.4 is 10.6 Å². The van der Waals surface area contributed by atoms with Gasteiger partial charge in [0.05, 0.1) is 6.42 Å². The molecule has 24 heavy (non-hydrogen) atoms. The molecule has 3 rings (SSSR count). The van der Waals surface area contributed by atoms with Gasteiger partial charge in [0.25, 0.3) is 0 Å². The summed E-state index contributed by atoms with van der Waals surface area (Å²) in [6.45, 7) is 3.27. The van der Waals surface area contributed by atoms with Crippen molar-refractivity contribution in [3.05, 3.63) is 29.3 Å². The maximum Gasteiger partial charge on any atom is 0.248 e. The van der Waals surface area contributed by atoms with Crippen molar-refractivity contribution in [2.75, 3.05) is 5.32 Å². The van der Waals surface area contributed by atoms with Gasteiger partial charge in [-0.2, -0.15) is 5.01 Å². The molecule has 126 valence electrons. The number of nitrogens with one attached hydrogen (secondary N) is 2. The predicted octanol–water partition coefficient (Wildman–Crippen LogP) is 1.29. The van der Waals surface area contributed by atoms with Gasteiger partial charge in [-0.3, -0.25) is 19.7 Å². The lowest BCUT2D eigenvalue weighted by Gasteiger charge is -2.45. The molecule has 2 saturated heterocycles. The summed E-state index contributed by atoms with van der Waals surface area (Å²) in [5, 5.41) is 8.33. The van der Waals surface area contributed by atoms with Crippen LogP contribution in [0.15, 0.2) is 24.3 Å². The van der Waals surface area contributed by atoms with Crippen molar-refractivity contribution in [3.8, 4) is 0 Å². The molecular weight excluding hydrogens is 352 g/mol. The van der Waals surface area contributed by atoms with Gasteiger partial charge in [0.15, 0.2) is 5.11 Å². The van der Waals surface area contributed by atoms with Gasteiger partial charge in [0.2, 0.25) is 17.7 Å². The molecule has 7 nitrogen and oxygen atoms in total. The molecule has 3 amide bonds. The number of rotatable bonds is 2. The Labute approximate surface area is 148 Å². The molecular formula is C15H15ClN4O3S. The van der Waals surface area contributed by atoms with Crippen LogP contribution in [0.1, 0.15) is 20.3 Å². The Morgan fingerprint density at radius 3 is 2.79 bits per heavy atom. The maximum atomic E-state index is 12.7. The first-order valence-electron chi connectivity index (χ1n) is 7.26. The highest BCUT2D eigenvalue weighted by Crippen LogP contribution is 2.33. The lowest BCUT2D eigenvalue weighted by molar-refractivity contribution is -0.154. The van der Waals surface area contributed by atoms with Crippen LogP contribution in [-0.4, -0.2) is 44.4 Å². The summed E-state index contributed by atoms with van der Waals surface area (Å²) in [5.74, 6) is -1.10. The number of halogens is 1. The van der Waals surface area contributed by atoms with Crippen molar-refractivity contribution >= 4 is 52.3 Å². The standard InChI is InChI=1S/C15H15ClN4O3S/c1-15(2)13(23)18-14(24)19-11(21)7-10(20(15)19)12(22)17-9-5-3-4-8(16)6-9/h3-6,10H,7H2,1-2H3,(H,17,22)(H,18,23,24)/t10-/m1/s1. The Bertz CT molecular complexity index is 767. The number of amides is 3. The third-order valence-corrected chi connectivity index (χ3v) is 4.56. The van der Waals surface area contributed by atoms with E-state index in [2.05, 4.69) is 10.6 Å². The number of thiocarbonyl (C=S) groups is 1. The van der Waals surface area contributed by atoms with Gasteiger partial charge < -0.3 is 5.32 Å². The molecule has 2 aliphatic heterocycles. The van der Waals surface area contributed by atoms with Crippen molar-refractivity contribution in [1.82, 2.24) is 15.3 Å². The lowest BCUT2D eigenvalue weighted by atomic mass is 10.00. The molecule has 0 radical (unpaired) electrons. The number of benzene rings is 1. The van der Waals surface area contributed by atoms with Gasteiger partial charge in [-0.25, -0.2) is 5.01 Å². The summed E-state index contributed by atoms with van der Waals surface area (Å²) in [6.07, 6.45) is -0.0646. The number of carbonyl (C=O) groups is 3. The second kappa shape index (κ2) is 5.80. The van der Waals surface area contributed by atoms with Crippen LogP contribution in [-0.2, 0) is 14.4 Å². The summed E-state index contributed by atoms with van der Waals surface area (Å²) in [6, 6.07) is 5.85. The van der Waals surface area contributed by atoms with E-state index in [4.69, 9.17) is 23.8 Å². The number of anilines is 1. The zero-order valence-electron chi connectivity index (χ0n) is 13.0. The van der Waals surface area contributed by atoms with Crippen LogP contribution in [0, 0.1) is 0 Å². The highest BCUT2D eigenvalue weighted by atomic mass is 35.5. The van der Waals surface area contributed by atoms with Crippen LogP contribution in [0.2, 0.25) is 5.02 Å². The minimum atomic E-state index is -1.09. The van der Waals surface area contributed by atoms with Crippen molar-refractivity contribution in [2.45, 2.75) is 31.8 Å². The highest BCUT2D eigenvalue weighted by molar-refractivity contribution is 7.80. The summed E-state index contributed by atoms with van der Waals surface area (Å²) < 4.78 is 0. The number of hydrazine groups is 1. The summed E-state index contributed by atoms with van der Waals surface area (Å²) in [7, 11) is 0. The van der Waals surface area contributed by atoms with Crippen molar-refractivity contribution in [2.24, 2.45) is 0 Å². The SMILES string of the molecule is CC1(C)C(=O)NC(=S)N2C(=O)C[C@H](C(=O)Nc3cccc(Cl)c3)N21. The lowest BCUT2D eigenvalue weighted by Crippen LogP contribution is -2.71. The van der Waals surface area contributed by atoms with Crippen molar-refractivity contribution in [3.63, 3.8) is 0 Å². The van der Waals surface area contributed by atoms with E-state index in [9.17, 15) is 14.4 Å². The average Bonchev–Trinajstić information content (AvgIpc) is 2.84. The van der Waals surface area contributed by atoms with E-state index in [1.807, 2.05) is 0 Å². The Hall–Kier alpha value is -2.03. The largest absolute Gasteiger partial charge is 0.325 e. The molecule has 1 atom stereocenters. The Kier molecular flexibility index (Phi) is 4.06. The average molecular weight is 367 g/mol. The fraction of sp³-hybridized carbons (Fsp3) is 0.333. The van der Waals surface area contributed by atoms with Crippen molar-refractivity contribution < 1.29 is 14.4 Å². The molecule has 2 heterocycles. The molecule has 2 aliphatic rings. The number of hydrogen-bond acceptors (Lipinski definition) is 5. The maximum absolute atomic E-state index is 12.7. The highest BCUT2D eigenvalue weighted by Gasteiger charge is 2.56. The van der Waals surface area contributed by atoms with Crippen LogP contribution in [0.5, 0.6) is 0 Å². The molecule has 0 saturated carbocycles. The second-order valence-electron chi connectivity index (χ2n) is 6.09. The molecule has 2 fully saturated rings. The Morgan fingerprint density at radius 2 is 2.12 bits per heavy atom. The zero-order chi connectivity index (χ0) is 17.6. The zero-order valence-corrected chi connectivity index (χ0v) is 14.6. The molecule has 1 aromatic carbocycles. The summed E-state index contributed by atoms with van der Waals surface area (Å²) in [5.41, 5.74) is -0.578. The monoisotopic (exact) mass is 366 g/mol. The van der Waals surface area contributed by atoms with E-state index < -0.39 is 17.5 Å². The Morgan fingerprint density at radius 1 is 1.42 bits per heavy atom. The smallest absolute Gasteiger partial charge is 0.248 e. The van der Waals surface area contributed by atoms with Crippen LogP contribution in [0.4, 0.5) is 5.69 Å². The molecule has 1 aromatic rings. The predicted molar refractivity (Wildman–Crippen MR) is 92.0 cm³/mol. The van der Waals surface area contributed by atoms with Gasteiger partial charge in [-0.15, -0.1) is 0 Å². The normalized spacial score (nSPS) is 23.0. The van der Waals surface area contributed by atoms with E-state index in [1.165, 1.54) is 10.0 Å². The fourth-order valence-corrected chi connectivity index (χ4v) is 3.32. The van der Waals surface area contributed by atoms with E-state index in [0.29, 0.717) is 10.7 Å². The summed E-state index contributed by atoms with van der Waals surface area (Å²) in [4.78, 5) is 37.2. The number of carbonyl (C=O) groups excluding carboxylic acids is 3. The molecule has 0 bridgehead atoms. The third kappa shape index (κ3) is 2.66. The minimum Gasteiger partial charge on any atom is -0.325 e. The topological polar surface area (TPSA) is 81.8 Å². The quantitative estimate of drug-likeness (QED) is 0.771.